The first kappa shape index (κ1) is 16.6. The first-order valence-corrected chi connectivity index (χ1v) is 10.5. The smallest absolute Gasteiger partial charge is 0.0582 e. The molecule has 1 unspecified atom stereocenters. The second-order valence-corrected chi connectivity index (χ2v) is 8.10. The Balaban J connectivity index is 1.59. The predicted molar refractivity (Wildman–Crippen MR) is 122 cm³/mol. The molecule has 2 aliphatic rings. The molecule has 29 heavy (non-hydrogen) atoms. The molecule has 1 heteroatoms. The molecule has 3 aromatic carbocycles. The average Bonchev–Trinajstić information content (AvgIpc) is 3.48. The Bertz CT molecular complexity index is 1240. The highest BCUT2D eigenvalue weighted by Gasteiger charge is 2.34. The van der Waals surface area contributed by atoms with Gasteiger partial charge >= 0.3 is 0 Å². The summed E-state index contributed by atoms with van der Waals surface area (Å²) in [6, 6.07) is 28.7. The summed E-state index contributed by atoms with van der Waals surface area (Å²) in [5, 5.41) is 1.39. The topological polar surface area (TPSA) is 4.93 Å². The minimum Gasteiger partial charge on any atom is -0.309 e. The van der Waals surface area contributed by atoms with E-state index in [4.69, 9.17) is 0 Å². The summed E-state index contributed by atoms with van der Waals surface area (Å²) in [6.45, 7) is 0. The molecule has 0 N–H and O–H groups in total. The van der Waals surface area contributed by atoms with Crippen molar-refractivity contribution < 1.29 is 0 Å². The molecule has 0 bridgehead atoms. The fourth-order valence-electron chi connectivity index (χ4n) is 5.23. The van der Waals surface area contributed by atoms with Gasteiger partial charge in [-0.1, -0.05) is 85.0 Å². The van der Waals surface area contributed by atoms with Crippen molar-refractivity contribution in [2.75, 3.05) is 0 Å². The first-order valence-electron chi connectivity index (χ1n) is 10.5. The summed E-state index contributed by atoms with van der Waals surface area (Å²) in [5.41, 5.74) is 8.32. The summed E-state index contributed by atoms with van der Waals surface area (Å²) in [5.74, 6) is 1.03. The maximum atomic E-state index is 2.47. The molecule has 1 atom stereocenters. The van der Waals surface area contributed by atoms with Crippen molar-refractivity contribution in [3.05, 3.63) is 114 Å². The zero-order chi connectivity index (χ0) is 19.2. The molecular formula is C28H23N. The van der Waals surface area contributed by atoms with Crippen molar-refractivity contribution in [1.82, 2.24) is 4.57 Å². The highest BCUT2D eigenvalue weighted by Crippen LogP contribution is 2.52. The highest BCUT2D eigenvalue weighted by molar-refractivity contribution is 5.98. The number of allylic oxidation sites excluding steroid dienone is 4. The Kier molecular flexibility index (Phi) is 3.80. The molecule has 0 aliphatic heterocycles. The average molecular weight is 373 g/mol. The quantitative estimate of drug-likeness (QED) is 0.354. The fourth-order valence-corrected chi connectivity index (χ4v) is 5.23. The minimum atomic E-state index is 0.457. The Morgan fingerprint density at radius 3 is 2.28 bits per heavy atom. The Morgan fingerprint density at radius 2 is 1.41 bits per heavy atom. The van der Waals surface area contributed by atoms with E-state index in [-0.39, 0.29) is 0 Å². The number of benzene rings is 3. The van der Waals surface area contributed by atoms with Crippen LogP contribution in [-0.4, -0.2) is 4.57 Å². The highest BCUT2D eigenvalue weighted by atomic mass is 15.0. The van der Waals surface area contributed by atoms with Gasteiger partial charge in [-0.15, -0.1) is 0 Å². The van der Waals surface area contributed by atoms with E-state index in [0.29, 0.717) is 11.8 Å². The number of para-hydroxylation sites is 2. The van der Waals surface area contributed by atoms with E-state index >= 15 is 0 Å². The largest absolute Gasteiger partial charge is 0.309 e. The van der Waals surface area contributed by atoms with E-state index in [0.717, 1.165) is 0 Å². The van der Waals surface area contributed by atoms with Gasteiger partial charge in [-0.3, -0.25) is 0 Å². The van der Waals surface area contributed by atoms with Crippen LogP contribution in [-0.2, 0) is 0 Å². The lowest BCUT2D eigenvalue weighted by Gasteiger charge is -2.15. The molecule has 0 radical (unpaired) electrons. The van der Waals surface area contributed by atoms with Gasteiger partial charge in [0.05, 0.1) is 11.2 Å². The minimum absolute atomic E-state index is 0.457. The van der Waals surface area contributed by atoms with Gasteiger partial charge in [-0.25, -0.2) is 0 Å². The number of aromatic nitrogens is 1. The molecule has 0 saturated carbocycles. The number of hydrogen-bond acceptors (Lipinski definition) is 0. The van der Waals surface area contributed by atoms with E-state index in [2.05, 4.69) is 108 Å². The van der Waals surface area contributed by atoms with Crippen LogP contribution in [0, 0.1) is 5.92 Å². The van der Waals surface area contributed by atoms with Gasteiger partial charge in [0.15, 0.2) is 0 Å². The van der Waals surface area contributed by atoms with Crippen LogP contribution in [0.1, 0.15) is 29.9 Å². The molecule has 0 amide bonds. The summed E-state index contributed by atoms with van der Waals surface area (Å²) in [4.78, 5) is 0. The number of nitrogens with zero attached hydrogens (tertiary/aromatic N) is 1. The van der Waals surface area contributed by atoms with Gasteiger partial charge in [0, 0.05) is 22.6 Å². The van der Waals surface area contributed by atoms with Gasteiger partial charge in [-0.2, -0.15) is 0 Å². The summed E-state index contributed by atoms with van der Waals surface area (Å²) in [7, 11) is 0. The number of hydrogen-bond donors (Lipinski definition) is 0. The van der Waals surface area contributed by atoms with Crippen molar-refractivity contribution in [3.63, 3.8) is 0 Å². The second kappa shape index (κ2) is 6.63. The SMILES string of the molecule is C1=CC(CCC2c3ccccc3-c3c2c2ccccc2n3-c2ccccc2)C=C1. The molecule has 2 aliphatic carbocycles. The zero-order valence-electron chi connectivity index (χ0n) is 16.3. The van der Waals surface area contributed by atoms with Crippen LogP contribution < -0.4 is 0 Å². The van der Waals surface area contributed by atoms with Crippen molar-refractivity contribution in [2.24, 2.45) is 5.92 Å². The van der Waals surface area contributed by atoms with Crippen LogP contribution in [0.25, 0.3) is 27.8 Å². The van der Waals surface area contributed by atoms with Crippen LogP contribution in [0.2, 0.25) is 0 Å². The molecule has 4 aromatic rings. The molecule has 140 valence electrons. The van der Waals surface area contributed by atoms with Gasteiger partial charge < -0.3 is 4.57 Å². The summed E-state index contributed by atoms with van der Waals surface area (Å²) < 4.78 is 2.47. The molecule has 6 rings (SSSR count). The van der Waals surface area contributed by atoms with Crippen molar-refractivity contribution in [3.8, 4) is 16.9 Å². The predicted octanol–water partition coefficient (Wildman–Crippen LogP) is 7.27. The lowest BCUT2D eigenvalue weighted by Crippen LogP contribution is -2.00. The monoisotopic (exact) mass is 373 g/mol. The molecule has 1 aromatic heterocycles. The van der Waals surface area contributed by atoms with Gasteiger partial charge in [0.1, 0.15) is 0 Å². The number of fused-ring (bicyclic) bond motifs is 5. The van der Waals surface area contributed by atoms with Crippen molar-refractivity contribution in [2.45, 2.75) is 18.8 Å². The maximum absolute atomic E-state index is 2.47. The molecule has 1 heterocycles. The molecule has 0 spiro atoms. The summed E-state index contributed by atoms with van der Waals surface area (Å²) >= 11 is 0. The molecule has 0 saturated heterocycles. The molecule has 0 fully saturated rings. The van der Waals surface area contributed by atoms with Crippen molar-refractivity contribution >= 4 is 10.9 Å². The third kappa shape index (κ3) is 2.54. The van der Waals surface area contributed by atoms with Gasteiger partial charge in [0.2, 0.25) is 0 Å². The third-order valence-electron chi connectivity index (χ3n) is 6.48. The number of rotatable bonds is 4. The first-order chi connectivity index (χ1) is 14.4. The normalized spacial score (nSPS) is 17.2. The summed E-state index contributed by atoms with van der Waals surface area (Å²) in [6.07, 6.45) is 11.4. The van der Waals surface area contributed by atoms with Gasteiger partial charge in [-0.05, 0) is 48.1 Å². The van der Waals surface area contributed by atoms with E-state index in [1.165, 1.54) is 51.8 Å². The second-order valence-electron chi connectivity index (χ2n) is 8.10. The van der Waals surface area contributed by atoms with Gasteiger partial charge in [0.25, 0.3) is 0 Å². The third-order valence-corrected chi connectivity index (χ3v) is 6.48. The zero-order valence-corrected chi connectivity index (χ0v) is 16.3. The van der Waals surface area contributed by atoms with E-state index in [9.17, 15) is 0 Å². The standard InChI is InChI=1S/C28H23N/c1-2-12-21(13-3-1)29-26-17-9-8-16-25(26)27-23(19-18-20-10-4-5-11-20)22-14-6-7-15-24(22)28(27)29/h1-17,20,23H,18-19H2. The Hall–Kier alpha value is -3.32. The van der Waals surface area contributed by atoms with E-state index < -0.39 is 0 Å². The molecule has 1 nitrogen and oxygen atoms in total. The Labute approximate surface area is 171 Å². The lowest BCUT2D eigenvalue weighted by molar-refractivity contribution is 0.617. The van der Waals surface area contributed by atoms with Crippen LogP contribution >= 0.6 is 0 Å². The van der Waals surface area contributed by atoms with Crippen LogP contribution in [0.4, 0.5) is 0 Å². The molecular weight excluding hydrogens is 350 g/mol. The van der Waals surface area contributed by atoms with Crippen LogP contribution in [0.5, 0.6) is 0 Å². The van der Waals surface area contributed by atoms with E-state index in [1.807, 2.05) is 0 Å². The van der Waals surface area contributed by atoms with Crippen LogP contribution in [0.15, 0.2) is 103 Å². The maximum Gasteiger partial charge on any atom is 0.0582 e. The van der Waals surface area contributed by atoms with E-state index in [1.54, 1.807) is 0 Å². The van der Waals surface area contributed by atoms with Crippen molar-refractivity contribution in [1.29, 1.82) is 0 Å². The van der Waals surface area contributed by atoms with Crippen LogP contribution in [0.3, 0.4) is 0 Å². The fraction of sp³-hybridized carbons (Fsp3) is 0.143. The Morgan fingerprint density at radius 1 is 0.690 bits per heavy atom. The lowest BCUT2D eigenvalue weighted by atomic mass is 9.88.